The monoisotopic (exact) mass is 394 g/mol. The number of halogens is 1. The number of methoxy groups -OCH3 is 1. The third kappa shape index (κ3) is 4.37. The fraction of sp³-hybridized carbons (Fsp3) is 0.136. The molecule has 3 aromatic carbocycles. The molecule has 3 heteroatoms. The van der Waals surface area contributed by atoms with Crippen LogP contribution in [0.2, 0.25) is 0 Å². The molecule has 0 heterocycles. The van der Waals surface area contributed by atoms with Gasteiger partial charge in [-0.2, -0.15) is 0 Å². The molecule has 3 aromatic rings. The second-order valence-corrected chi connectivity index (χ2v) is 6.81. The molecule has 0 aliphatic carbocycles. The first-order chi connectivity index (χ1) is 12.2. The SMILES string of the molecule is COC(=O)C(Cc1ccc(Br)cc1)c1cccc(-c2ccccc2)c1. The van der Waals surface area contributed by atoms with Crippen molar-refractivity contribution < 1.29 is 9.53 Å². The van der Waals surface area contributed by atoms with Crippen LogP contribution in [0.15, 0.2) is 83.3 Å². The van der Waals surface area contributed by atoms with Crippen LogP contribution in [0.1, 0.15) is 17.0 Å². The van der Waals surface area contributed by atoms with Crippen LogP contribution in [-0.2, 0) is 16.0 Å². The Balaban J connectivity index is 1.93. The van der Waals surface area contributed by atoms with Gasteiger partial charge in [-0.15, -0.1) is 0 Å². The second-order valence-electron chi connectivity index (χ2n) is 5.90. The molecule has 3 rings (SSSR count). The highest BCUT2D eigenvalue weighted by Gasteiger charge is 2.22. The summed E-state index contributed by atoms with van der Waals surface area (Å²) in [5.74, 6) is -0.539. The van der Waals surface area contributed by atoms with Gasteiger partial charge in [0.25, 0.3) is 0 Å². The van der Waals surface area contributed by atoms with Gasteiger partial charge in [-0.1, -0.05) is 82.7 Å². The molecule has 126 valence electrons. The summed E-state index contributed by atoms with van der Waals surface area (Å²) in [6.45, 7) is 0. The fourth-order valence-electron chi connectivity index (χ4n) is 2.90. The van der Waals surface area contributed by atoms with Crippen LogP contribution in [0.5, 0.6) is 0 Å². The molecule has 0 N–H and O–H groups in total. The summed E-state index contributed by atoms with van der Waals surface area (Å²) in [6.07, 6.45) is 0.609. The summed E-state index contributed by atoms with van der Waals surface area (Å²) in [4.78, 5) is 12.4. The Morgan fingerprint density at radius 2 is 1.60 bits per heavy atom. The van der Waals surface area contributed by atoms with Gasteiger partial charge in [-0.25, -0.2) is 0 Å². The predicted molar refractivity (Wildman–Crippen MR) is 104 cm³/mol. The Hall–Kier alpha value is -2.39. The van der Waals surface area contributed by atoms with Crippen molar-refractivity contribution in [1.29, 1.82) is 0 Å². The van der Waals surface area contributed by atoms with Gasteiger partial charge in [-0.3, -0.25) is 4.79 Å². The number of hydrogen-bond acceptors (Lipinski definition) is 2. The highest BCUT2D eigenvalue weighted by molar-refractivity contribution is 9.10. The normalized spacial score (nSPS) is 11.8. The van der Waals surface area contributed by atoms with Crippen molar-refractivity contribution in [1.82, 2.24) is 0 Å². The number of esters is 1. The molecular weight excluding hydrogens is 376 g/mol. The summed E-state index contributed by atoms with van der Waals surface area (Å²) >= 11 is 3.44. The van der Waals surface area contributed by atoms with E-state index in [0.29, 0.717) is 6.42 Å². The summed E-state index contributed by atoms with van der Waals surface area (Å²) in [5.41, 5.74) is 4.30. The maximum atomic E-state index is 12.4. The van der Waals surface area contributed by atoms with Gasteiger partial charge in [0, 0.05) is 4.47 Å². The minimum Gasteiger partial charge on any atom is -0.469 e. The number of hydrogen-bond donors (Lipinski definition) is 0. The lowest BCUT2D eigenvalue weighted by atomic mass is 9.90. The van der Waals surface area contributed by atoms with Crippen molar-refractivity contribution >= 4 is 21.9 Å². The van der Waals surface area contributed by atoms with Gasteiger partial charge in [-0.05, 0) is 40.8 Å². The lowest BCUT2D eigenvalue weighted by Gasteiger charge is -2.16. The summed E-state index contributed by atoms with van der Waals surface area (Å²) in [7, 11) is 1.44. The number of carbonyl (C=O) groups is 1. The fourth-order valence-corrected chi connectivity index (χ4v) is 3.17. The van der Waals surface area contributed by atoms with Crippen LogP contribution in [0.25, 0.3) is 11.1 Å². The molecule has 0 aromatic heterocycles. The van der Waals surface area contributed by atoms with Crippen molar-refractivity contribution in [3.8, 4) is 11.1 Å². The van der Waals surface area contributed by atoms with E-state index in [-0.39, 0.29) is 11.9 Å². The largest absolute Gasteiger partial charge is 0.469 e. The maximum Gasteiger partial charge on any atom is 0.313 e. The number of benzene rings is 3. The quantitative estimate of drug-likeness (QED) is 0.525. The van der Waals surface area contributed by atoms with Crippen molar-refractivity contribution in [2.45, 2.75) is 12.3 Å². The smallest absolute Gasteiger partial charge is 0.313 e. The van der Waals surface area contributed by atoms with Gasteiger partial charge in [0.15, 0.2) is 0 Å². The standard InChI is InChI=1S/C22H19BrO2/c1-25-22(24)21(14-16-10-12-20(23)13-11-16)19-9-5-8-18(15-19)17-6-3-2-4-7-17/h2-13,15,21H,14H2,1H3. The van der Waals surface area contributed by atoms with E-state index >= 15 is 0 Å². The molecule has 2 nitrogen and oxygen atoms in total. The summed E-state index contributed by atoms with van der Waals surface area (Å²) < 4.78 is 6.09. The molecule has 0 radical (unpaired) electrons. The Morgan fingerprint density at radius 3 is 2.28 bits per heavy atom. The van der Waals surface area contributed by atoms with Crippen LogP contribution >= 0.6 is 15.9 Å². The Labute approximate surface area is 156 Å². The molecule has 0 aliphatic rings. The number of rotatable bonds is 5. The van der Waals surface area contributed by atoms with Crippen molar-refractivity contribution in [3.05, 3.63) is 94.5 Å². The molecule has 0 saturated carbocycles. The second kappa shape index (κ2) is 8.13. The van der Waals surface area contributed by atoms with E-state index in [4.69, 9.17) is 4.74 Å². The Kier molecular flexibility index (Phi) is 5.67. The van der Waals surface area contributed by atoms with E-state index in [1.807, 2.05) is 54.6 Å². The van der Waals surface area contributed by atoms with E-state index in [1.165, 1.54) is 7.11 Å². The molecule has 0 fully saturated rings. The highest BCUT2D eigenvalue weighted by atomic mass is 79.9. The first-order valence-electron chi connectivity index (χ1n) is 8.15. The third-order valence-electron chi connectivity index (χ3n) is 4.23. The highest BCUT2D eigenvalue weighted by Crippen LogP contribution is 2.28. The van der Waals surface area contributed by atoms with E-state index in [0.717, 1.165) is 26.7 Å². The van der Waals surface area contributed by atoms with E-state index in [1.54, 1.807) is 0 Å². The van der Waals surface area contributed by atoms with Crippen molar-refractivity contribution in [2.24, 2.45) is 0 Å². The number of ether oxygens (including phenoxy) is 1. The van der Waals surface area contributed by atoms with Crippen LogP contribution in [-0.4, -0.2) is 13.1 Å². The minimum absolute atomic E-state index is 0.215. The summed E-state index contributed by atoms with van der Waals surface area (Å²) in [5, 5.41) is 0. The molecule has 0 spiro atoms. The van der Waals surface area contributed by atoms with E-state index in [2.05, 4.69) is 40.2 Å². The molecule has 0 saturated heterocycles. The van der Waals surface area contributed by atoms with Gasteiger partial charge >= 0.3 is 5.97 Å². The third-order valence-corrected chi connectivity index (χ3v) is 4.76. The zero-order chi connectivity index (χ0) is 17.6. The van der Waals surface area contributed by atoms with Crippen LogP contribution in [0.3, 0.4) is 0 Å². The Bertz CT molecular complexity index is 841. The average molecular weight is 395 g/mol. The number of carbonyl (C=O) groups excluding carboxylic acids is 1. The van der Waals surface area contributed by atoms with Gasteiger partial charge in [0.2, 0.25) is 0 Å². The van der Waals surface area contributed by atoms with Gasteiger partial charge < -0.3 is 4.74 Å². The molecule has 1 unspecified atom stereocenters. The molecule has 0 bridgehead atoms. The molecule has 0 aliphatic heterocycles. The summed E-state index contributed by atoms with van der Waals surface area (Å²) in [6, 6.07) is 26.3. The first kappa shape index (κ1) is 17.4. The topological polar surface area (TPSA) is 26.3 Å². The van der Waals surface area contributed by atoms with Crippen molar-refractivity contribution in [3.63, 3.8) is 0 Å². The zero-order valence-corrected chi connectivity index (χ0v) is 15.6. The Morgan fingerprint density at radius 1 is 0.920 bits per heavy atom. The van der Waals surface area contributed by atoms with E-state index in [9.17, 15) is 4.79 Å². The van der Waals surface area contributed by atoms with Gasteiger partial charge in [0.05, 0.1) is 13.0 Å². The average Bonchev–Trinajstić information content (AvgIpc) is 2.68. The van der Waals surface area contributed by atoms with Gasteiger partial charge in [0.1, 0.15) is 0 Å². The molecule has 25 heavy (non-hydrogen) atoms. The van der Waals surface area contributed by atoms with E-state index < -0.39 is 0 Å². The molecular formula is C22H19BrO2. The van der Waals surface area contributed by atoms with Crippen molar-refractivity contribution in [2.75, 3.05) is 7.11 Å². The first-order valence-corrected chi connectivity index (χ1v) is 8.94. The molecule has 1 atom stereocenters. The minimum atomic E-state index is -0.324. The lowest BCUT2D eigenvalue weighted by Crippen LogP contribution is -2.17. The zero-order valence-electron chi connectivity index (χ0n) is 14.0. The van der Waals surface area contributed by atoms with Crippen LogP contribution in [0, 0.1) is 0 Å². The lowest BCUT2D eigenvalue weighted by molar-refractivity contribution is -0.142. The maximum absolute atomic E-state index is 12.4. The molecule has 0 amide bonds. The van der Waals surface area contributed by atoms with Crippen LogP contribution < -0.4 is 0 Å². The predicted octanol–water partition coefficient (Wildman–Crippen LogP) is 5.62. The van der Waals surface area contributed by atoms with Crippen LogP contribution in [0.4, 0.5) is 0 Å².